The number of phenols is 1. The second-order valence-corrected chi connectivity index (χ2v) is 4.50. The van der Waals surface area contributed by atoms with Gasteiger partial charge < -0.3 is 21.3 Å². The number of nitrogens with two attached hydrogens (primary N) is 1. The maximum Gasteiger partial charge on any atom is 0.255 e. The molecule has 1 saturated carbocycles. The van der Waals surface area contributed by atoms with Crippen molar-refractivity contribution in [3.05, 3.63) is 23.8 Å². The Morgan fingerprint density at radius 1 is 1.47 bits per heavy atom. The van der Waals surface area contributed by atoms with Gasteiger partial charge in [-0.05, 0) is 31.4 Å². The van der Waals surface area contributed by atoms with E-state index in [0.29, 0.717) is 12.8 Å². The second kappa shape index (κ2) is 4.25. The fourth-order valence-corrected chi connectivity index (χ4v) is 1.85. The smallest absolute Gasteiger partial charge is 0.255 e. The molecule has 1 aromatic rings. The lowest BCUT2D eigenvalue weighted by Crippen LogP contribution is -2.47. The van der Waals surface area contributed by atoms with E-state index in [-0.39, 0.29) is 23.5 Å². The highest BCUT2D eigenvalue weighted by Gasteiger charge is 2.34. The standard InChI is InChI=1S/C12H16N2O3/c13-9-4-1-3-8(10(9)15)11(16)14-7-12(17)5-2-6-12/h1,3-4,15,17H,2,5-7,13H2,(H,14,16). The molecular weight excluding hydrogens is 220 g/mol. The van der Waals surface area contributed by atoms with Crippen molar-refractivity contribution in [1.82, 2.24) is 5.32 Å². The van der Waals surface area contributed by atoms with Crippen molar-refractivity contribution in [1.29, 1.82) is 0 Å². The Hall–Kier alpha value is -1.75. The van der Waals surface area contributed by atoms with E-state index >= 15 is 0 Å². The maximum absolute atomic E-state index is 11.8. The Kier molecular flexibility index (Phi) is 2.93. The Balaban J connectivity index is 2.02. The first-order valence-corrected chi connectivity index (χ1v) is 5.60. The molecular formula is C12H16N2O3. The summed E-state index contributed by atoms with van der Waals surface area (Å²) in [5, 5.41) is 22.1. The van der Waals surface area contributed by atoms with Crippen molar-refractivity contribution in [3.63, 3.8) is 0 Å². The molecule has 1 aromatic carbocycles. The summed E-state index contributed by atoms with van der Waals surface area (Å²) in [7, 11) is 0. The summed E-state index contributed by atoms with van der Waals surface area (Å²) in [6.07, 6.45) is 2.39. The third-order valence-electron chi connectivity index (χ3n) is 3.17. The fourth-order valence-electron chi connectivity index (χ4n) is 1.85. The molecule has 0 spiro atoms. The van der Waals surface area contributed by atoms with Crippen molar-refractivity contribution in [3.8, 4) is 5.75 Å². The molecule has 5 N–H and O–H groups in total. The summed E-state index contributed by atoms with van der Waals surface area (Å²) < 4.78 is 0. The average molecular weight is 236 g/mol. The van der Waals surface area contributed by atoms with Gasteiger partial charge in [-0.1, -0.05) is 6.07 Å². The van der Waals surface area contributed by atoms with Crippen LogP contribution in [-0.4, -0.2) is 28.3 Å². The summed E-state index contributed by atoms with van der Waals surface area (Å²) >= 11 is 0. The number of hydrogen-bond donors (Lipinski definition) is 4. The van der Waals surface area contributed by atoms with E-state index in [2.05, 4.69) is 5.32 Å². The average Bonchev–Trinajstić information content (AvgIpc) is 2.27. The molecule has 1 aliphatic rings. The van der Waals surface area contributed by atoms with Crippen molar-refractivity contribution in [2.24, 2.45) is 0 Å². The number of hydrogen-bond acceptors (Lipinski definition) is 4. The highest BCUT2D eigenvalue weighted by molar-refractivity contribution is 5.98. The van der Waals surface area contributed by atoms with Crippen LogP contribution in [0.1, 0.15) is 29.6 Å². The van der Waals surface area contributed by atoms with Crippen LogP contribution in [0.3, 0.4) is 0 Å². The fraction of sp³-hybridized carbons (Fsp3) is 0.417. The minimum absolute atomic E-state index is 0.132. The number of aliphatic hydroxyl groups is 1. The number of amides is 1. The molecule has 5 heteroatoms. The van der Waals surface area contributed by atoms with Crippen molar-refractivity contribution in [2.75, 3.05) is 12.3 Å². The Labute approximate surface area is 99.3 Å². The highest BCUT2D eigenvalue weighted by Crippen LogP contribution is 2.31. The molecule has 0 aromatic heterocycles. The quantitative estimate of drug-likeness (QED) is 0.457. The number of nitrogen functional groups attached to an aromatic ring is 1. The van der Waals surface area contributed by atoms with E-state index in [9.17, 15) is 15.0 Å². The molecule has 1 fully saturated rings. The van der Waals surface area contributed by atoms with E-state index in [4.69, 9.17) is 5.73 Å². The van der Waals surface area contributed by atoms with Crippen LogP contribution in [0.5, 0.6) is 5.75 Å². The second-order valence-electron chi connectivity index (χ2n) is 4.50. The van der Waals surface area contributed by atoms with Gasteiger partial charge in [0.2, 0.25) is 0 Å². The maximum atomic E-state index is 11.8. The molecule has 0 radical (unpaired) electrons. The predicted molar refractivity (Wildman–Crippen MR) is 63.7 cm³/mol. The zero-order chi connectivity index (χ0) is 12.5. The van der Waals surface area contributed by atoms with Gasteiger partial charge in [-0.3, -0.25) is 4.79 Å². The first-order chi connectivity index (χ1) is 8.02. The van der Waals surface area contributed by atoms with Crippen molar-refractivity contribution < 1.29 is 15.0 Å². The van der Waals surface area contributed by atoms with Crippen molar-refractivity contribution >= 4 is 11.6 Å². The molecule has 5 nitrogen and oxygen atoms in total. The van der Waals surface area contributed by atoms with Gasteiger partial charge in [-0.15, -0.1) is 0 Å². The first-order valence-electron chi connectivity index (χ1n) is 5.60. The van der Waals surface area contributed by atoms with Crippen LogP contribution in [0.25, 0.3) is 0 Å². The lowest BCUT2D eigenvalue weighted by molar-refractivity contribution is -0.0300. The van der Waals surface area contributed by atoms with Gasteiger partial charge >= 0.3 is 0 Å². The van der Waals surface area contributed by atoms with E-state index in [1.807, 2.05) is 0 Å². The molecule has 92 valence electrons. The minimum atomic E-state index is -0.772. The number of anilines is 1. The highest BCUT2D eigenvalue weighted by atomic mass is 16.3. The van der Waals surface area contributed by atoms with Crippen LogP contribution in [0, 0.1) is 0 Å². The van der Waals surface area contributed by atoms with Crippen molar-refractivity contribution in [2.45, 2.75) is 24.9 Å². The van der Waals surface area contributed by atoms with E-state index in [1.54, 1.807) is 6.07 Å². The van der Waals surface area contributed by atoms with Crippen LogP contribution < -0.4 is 11.1 Å². The summed E-state index contributed by atoms with van der Waals surface area (Å²) in [6, 6.07) is 4.61. The minimum Gasteiger partial charge on any atom is -0.505 e. The third-order valence-corrected chi connectivity index (χ3v) is 3.17. The summed E-state index contributed by atoms with van der Waals surface area (Å²) in [4.78, 5) is 11.8. The van der Waals surface area contributed by atoms with Gasteiger partial charge in [0.15, 0.2) is 5.75 Å². The number of benzene rings is 1. The SMILES string of the molecule is Nc1cccc(C(=O)NCC2(O)CCC2)c1O. The molecule has 0 aliphatic heterocycles. The van der Waals surface area contributed by atoms with Crippen LogP contribution in [0.2, 0.25) is 0 Å². The van der Waals surface area contributed by atoms with Gasteiger partial charge in [0.25, 0.3) is 5.91 Å². The zero-order valence-corrected chi connectivity index (χ0v) is 9.44. The topological polar surface area (TPSA) is 95.6 Å². The molecule has 0 bridgehead atoms. The first kappa shape index (κ1) is 11.7. The van der Waals surface area contributed by atoms with E-state index < -0.39 is 11.5 Å². The molecule has 0 unspecified atom stereocenters. The molecule has 2 rings (SSSR count). The van der Waals surface area contributed by atoms with Crippen LogP contribution in [-0.2, 0) is 0 Å². The summed E-state index contributed by atoms with van der Waals surface area (Å²) in [6.45, 7) is 0.208. The normalized spacial score (nSPS) is 17.2. The number of para-hydroxylation sites is 1. The van der Waals surface area contributed by atoms with Gasteiger partial charge in [-0.2, -0.15) is 0 Å². The van der Waals surface area contributed by atoms with Gasteiger partial charge in [0, 0.05) is 6.54 Å². The molecule has 1 aliphatic carbocycles. The number of nitrogens with one attached hydrogen (secondary N) is 1. The molecule has 0 atom stereocenters. The van der Waals surface area contributed by atoms with Gasteiger partial charge in [0.05, 0.1) is 16.9 Å². The summed E-state index contributed by atoms with van der Waals surface area (Å²) in [5.41, 5.74) is 5.03. The zero-order valence-electron chi connectivity index (χ0n) is 9.44. The number of phenolic OH excluding ortho intramolecular Hbond substituents is 1. The number of carbonyl (C=O) groups excluding carboxylic acids is 1. The lowest BCUT2D eigenvalue weighted by atomic mass is 9.80. The van der Waals surface area contributed by atoms with Gasteiger partial charge in [-0.25, -0.2) is 0 Å². The third kappa shape index (κ3) is 2.34. The largest absolute Gasteiger partial charge is 0.505 e. The molecule has 17 heavy (non-hydrogen) atoms. The number of carbonyl (C=O) groups is 1. The monoisotopic (exact) mass is 236 g/mol. The molecule has 0 heterocycles. The van der Waals surface area contributed by atoms with E-state index in [1.165, 1.54) is 12.1 Å². The predicted octanol–water partition coefficient (Wildman–Crippen LogP) is 0.619. The Morgan fingerprint density at radius 2 is 2.18 bits per heavy atom. The lowest BCUT2D eigenvalue weighted by Gasteiger charge is -2.36. The number of aromatic hydroxyl groups is 1. The van der Waals surface area contributed by atoms with Gasteiger partial charge in [0.1, 0.15) is 0 Å². The summed E-state index contributed by atoms with van der Waals surface area (Å²) in [5.74, 6) is -0.638. The van der Waals surface area contributed by atoms with Crippen LogP contribution >= 0.6 is 0 Å². The van der Waals surface area contributed by atoms with E-state index in [0.717, 1.165) is 6.42 Å². The van der Waals surface area contributed by atoms with Crippen LogP contribution in [0.4, 0.5) is 5.69 Å². The Bertz CT molecular complexity index is 441. The molecule has 0 saturated heterocycles. The number of rotatable bonds is 3. The molecule has 1 amide bonds. The van der Waals surface area contributed by atoms with Crippen LogP contribution in [0.15, 0.2) is 18.2 Å². The Morgan fingerprint density at radius 3 is 2.76 bits per heavy atom.